The van der Waals surface area contributed by atoms with E-state index in [0.717, 1.165) is 22.3 Å². The van der Waals surface area contributed by atoms with E-state index in [2.05, 4.69) is 16.0 Å². The maximum absolute atomic E-state index is 13.7. The molecule has 290 valence electrons. The Morgan fingerprint density at radius 1 is 0.600 bits per heavy atom. The summed E-state index contributed by atoms with van der Waals surface area (Å²) in [5.41, 5.74) is 3.31. The number of thioether (sulfide) groups is 1. The smallest absolute Gasteiger partial charge is 0.408 e. The lowest BCUT2D eigenvalue weighted by atomic mass is 10.1. The summed E-state index contributed by atoms with van der Waals surface area (Å²) in [6.07, 6.45) is -0.719. The van der Waals surface area contributed by atoms with E-state index in [0.29, 0.717) is 5.75 Å². The van der Waals surface area contributed by atoms with E-state index in [-0.39, 0.29) is 44.8 Å². The number of nitrogens with one attached hydrogen (secondary N) is 3. The van der Waals surface area contributed by atoms with E-state index in [1.807, 2.05) is 84.9 Å². The predicted molar refractivity (Wildman–Crippen MR) is 211 cm³/mol. The van der Waals surface area contributed by atoms with Crippen molar-refractivity contribution in [3.63, 3.8) is 0 Å². The third-order valence-corrected chi connectivity index (χ3v) is 9.39. The Balaban J connectivity index is 1.38. The van der Waals surface area contributed by atoms with Gasteiger partial charge in [0.25, 0.3) is 0 Å². The van der Waals surface area contributed by atoms with Crippen molar-refractivity contribution < 1.29 is 39.6 Å². The van der Waals surface area contributed by atoms with Crippen LogP contribution in [0.15, 0.2) is 121 Å². The molecule has 11 nitrogen and oxygen atoms in total. The predicted octanol–water partition coefficient (Wildman–Crippen LogP) is 6.50. The van der Waals surface area contributed by atoms with Crippen LogP contribution >= 0.6 is 11.8 Å². The summed E-state index contributed by atoms with van der Waals surface area (Å²) < 4.78 is 24.9. The van der Waals surface area contributed by atoms with E-state index < -0.39 is 53.9 Å². The number of rotatable bonds is 21. The molecule has 0 spiro atoms. The van der Waals surface area contributed by atoms with Crippen LogP contribution in [0.2, 0.25) is 0 Å². The Kier molecular flexibility index (Phi) is 17.1. The molecule has 3 N–H and O–H groups in total. The van der Waals surface area contributed by atoms with Crippen LogP contribution < -0.4 is 16.0 Å². The Morgan fingerprint density at radius 2 is 1.07 bits per heavy atom. The van der Waals surface area contributed by atoms with Gasteiger partial charge in [-0.2, -0.15) is 11.8 Å². The van der Waals surface area contributed by atoms with E-state index >= 15 is 0 Å². The summed E-state index contributed by atoms with van der Waals surface area (Å²) >= 11 is 1.42. The zero-order valence-corrected chi connectivity index (χ0v) is 31.9. The second-order valence-corrected chi connectivity index (χ2v) is 14.0. The fourth-order valence-electron chi connectivity index (χ4n) is 5.26. The average Bonchev–Trinajstić information content (AvgIpc) is 3.20. The van der Waals surface area contributed by atoms with Gasteiger partial charge in [-0.1, -0.05) is 135 Å². The highest BCUT2D eigenvalue weighted by atomic mass is 32.2. The van der Waals surface area contributed by atoms with E-state index in [1.165, 1.54) is 25.6 Å². The number of hydrogen-bond donors (Lipinski definition) is 3. The molecule has 0 bridgehead atoms. The first kappa shape index (κ1) is 40.6. The maximum atomic E-state index is 13.7. The number of amides is 3. The first-order valence-corrected chi connectivity index (χ1v) is 19.2. The largest absolute Gasteiger partial charge is 0.459 e. The maximum Gasteiger partial charge on any atom is 0.408 e. The molecule has 0 saturated carbocycles. The van der Waals surface area contributed by atoms with Crippen LogP contribution in [0.1, 0.15) is 56.7 Å². The minimum absolute atomic E-state index is 0.00436. The minimum Gasteiger partial charge on any atom is -0.459 e. The third-order valence-electron chi connectivity index (χ3n) is 8.28. The molecule has 0 heterocycles. The lowest BCUT2D eigenvalue weighted by Gasteiger charge is -2.25. The normalized spacial score (nSPS) is 12.9. The summed E-state index contributed by atoms with van der Waals surface area (Å²) in [7, 11) is 0. The Bertz CT molecular complexity index is 1830. The van der Waals surface area contributed by atoms with Crippen LogP contribution in [-0.2, 0) is 59.0 Å². The Morgan fingerprint density at radius 3 is 1.58 bits per heavy atom. The first-order valence-electron chi connectivity index (χ1n) is 18.6. The van der Waals surface area contributed by atoms with Gasteiger partial charge in [-0.25, -0.2) is 14.4 Å². The fourth-order valence-corrected chi connectivity index (χ4v) is 6.28. The monoisotopic (exact) mass is 770 g/mol. The highest BCUT2D eigenvalue weighted by Crippen LogP contribution is 2.15. The molecule has 0 aromatic heterocycles. The molecule has 3 atom stereocenters. The molecule has 4 rings (SSSR count). The SMILES string of the molecule is [2H]C(C)(C)[C@H]([15NH]C(=O)[C@H]([13CH2]SCc1ccccc1)NC(=O)CCC[C@H](NC(=O)OCc1ccccc1)C(=O)OCc1ccccc1)C(=O)OCc1ccccc1. The summed E-state index contributed by atoms with van der Waals surface area (Å²) in [6.45, 7) is 2.94. The number of esters is 2. The fraction of sp³-hybridized carbons (Fsp3) is 0.326. The zero-order chi connectivity index (χ0) is 40.2. The molecule has 0 saturated heterocycles. The number of alkyl carbamates (subject to hydrolysis) is 1. The number of ether oxygens (including phenoxy) is 3. The Hall–Kier alpha value is -5.62. The van der Waals surface area contributed by atoms with Crippen molar-refractivity contribution in [2.45, 2.75) is 76.8 Å². The van der Waals surface area contributed by atoms with Crippen molar-refractivity contribution in [3.05, 3.63) is 144 Å². The van der Waals surface area contributed by atoms with Crippen molar-refractivity contribution >= 4 is 41.6 Å². The third kappa shape index (κ3) is 15.7. The van der Waals surface area contributed by atoms with Gasteiger partial charge in [0.15, 0.2) is 0 Å². The summed E-state index contributed by atoms with van der Waals surface area (Å²) in [5.74, 6) is -3.32. The van der Waals surface area contributed by atoms with Gasteiger partial charge in [-0.15, -0.1) is 0 Å². The molecule has 4 aromatic carbocycles. The highest BCUT2D eigenvalue weighted by Gasteiger charge is 2.30. The number of carbonyl (C=O) groups is 5. The summed E-state index contributed by atoms with van der Waals surface area (Å²) in [5, 5.41) is 8.00. The van der Waals surface area contributed by atoms with Crippen LogP contribution in [-0.4, -0.2) is 53.7 Å². The van der Waals surface area contributed by atoms with E-state index in [1.54, 1.807) is 36.4 Å². The molecule has 12 heteroatoms. The van der Waals surface area contributed by atoms with Gasteiger partial charge in [0, 0.05) is 19.3 Å². The molecule has 4 aromatic rings. The molecule has 0 aliphatic carbocycles. The molecule has 0 unspecified atom stereocenters. The Labute approximate surface area is 328 Å². The first-order chi connectivity index (χ1) is 27.0. The number of benzene rings is 4. The van der Waals surface area contributed by atoms with Crippen molar-refractivity contribution in [1.29, 1.82) is 0 Å². The van der Waals surface area contributed by atoms with Gasteiger partial charge in [0.1, 0.15) is 37.9 Å². The topological polar surface area (TPSA) is 149 Å². The minimum atomic E-state index is -1.45. The lowest BCUT2D eigenvalue weighted by molar-refractivity contribution is -0.150. The molecule has 3 amide bonds. The zero-order valence-electron chi connectivity index (χ0n) is 32.1. The average molecular weight is 771 g/mol. The number of carbonyl (C=O) groups excluding carboxylic acids is 5. The second-order valence-electron chi connectivity index (χ2n) is 13.0. The molecular weight excluding hydrogens is 721 g/mol. The molecule has 0 aliphatic heterocycles. The van der Waals surface area contributed by atoms with E-state index in [4.69, 9.17) is 15.6 Å². The van der Waals surface area contributed by atoms with Crippen LogP contribution in [0.3, 0.4) is 0 Å². The van der Waals surface area contributed by atoms with Crippen molar-refractivity contribution in [2.24, 2.45) is 5.89 Å². The van der Waals surface area contributed by atoms with Crippen molar-refractivity contribution in [2.75, 3.05) is 5.75 Å². The molecule has 0 fully saturated rings. The second kappa shape index (κ2) is 23.2. The number of hydrogen-bond acceptors (Lipinski definition) is 9. The molecule has 0 radical (unpaired) electrons. The quantitative estimate of drug-likeness (QED) is 0.0374. The lowest BCUT2D eigenvalue weighted by Crippen LogP contribution is -2.54. The molecular formula is C43H49N3O8S. The highest BCUT2D eigenvalue weighted by molar-refractivity contribution is 7.98. The molecule has 55 heavy (non-hydrogen) atoms. The summed E-state index contributed by atoms with van der Waals surface area (Å²) in [6, 6.07) is 33.3. The molecule has 0 aliphatic rings. The van der Waals surface area contributed by atoms with Gasteiger partial charge in [-0.05, 0) is 41.0 Å². The van der Waals surface area contributed by atoms with Crippen molar-refractivity contribution in [3.8, 4) is 0 Å². The van der Waals surface area contributed by atoms with E-state index in [9.17, 15) is 24.0 Å². The van der Waals surface area contributed by atoms with Gasteiger partial charge < -0.3 is 30.2 Å². The van der Waals surface area contributed by atoms with Gasteiger partial charge >= 0.3 is 18.0 Å². The van der Waals surface area contributed by atoms with Crippen LogP contribution in [0.4, 0.5) is 4.79 Å². The van der Waals surface area contributed by atoms with Crippen LogP contribution in [0.5, 0.6) is 0 Å². The standard InChI is InChI=1S/C43H49N3O8S/c1-31(2)39(42(50)53-27-33-18-9-4-10-19-33)46-40(48)37(30-55-29-35-22-13-6-14-23-35)44-38(47)25-15-24-36(41(49)52-26-32-16-7-3-8-17-32)45-43(51)54-28-34-20-11-5-12-21-34/h3-14,16-23,31,36-37,39H,15,24-30H2,1-2H3,(H,44,47)(H,45,51)(H,46,48)/t36-,37-,39-/m0/s1/i30+1,31D,46+1. The van der Waals surface area contributed by atoms with Crippen molar-refractivity contribution in [1.82, 2.24) is 16.0 Å². The van der Waals surface area contributed by atoms with Gasteiger partial charge in [0.2, 0.25) is 11.8 Å². The van der Waals surface area contributed by atoms with Gasteiger partial charge in [-0.3, -0.25) is 9.59 Å². The van der Waals surface area contributed by atoms with Crippen LogP contribution in [0.25, 0.3) is 0 Å². The van der Waals surface area contributed by atoms with Gasteiger partial charge in [0.05, 0.1) is 0 Å². The van der Waals surface area contributed by atoms with Crippen LogP contribution in [0, 0.1) is 5.89 Å². The summed E-state index contributed by atoms with van der Waals surface area (Å²) in [4.78, 5) is 66.2.